The van der Waals surface area contributed by atoms with Crippen LogP contribution in [0.1, 0.15) is 28.4 Å². The fraction of sp³-hybridized carbons (Fsp3) is 0.231. The Hall–Kier alpha value is -3.64. The highest BCUT2D eigenvalue weighted by molar-refractivity contribution is 5.96. The van der Waals surface area contributed by atoms with Crippen LogP contribution in [0, 0.1) is 0 Å². The summed E-state index contributed by atoms with van der Waals surface area (Å²) in [5.74, 6) is 0.401. The Labute approximate surface area is 187 Å². The number of carbonyl (C=O) groups excluding carboxylic acids is 1. The molecule has 0 spiro atoms. The average molecular weight is 430 g/mol. The van der Waals surface area contributed by atoms with Gasteiger partial charge in [-0.15, -0.1) is 0 Å². The molecule has 0 bridgehead atoms. The number of para-hydroxylation sites is 3. The highest BCUT2D eigenvalue weighted by atomic mass is 16.5. The number of imidazole rings is 1. The van der Waals surface area contributed by atoms with Gasteiger partial charge in [0.2, 0.25) is 0 Å². The van der Waals surface area contributed by atoms with Crippen molar-refractivity contribution in [2.24, 2.45) is 0 Å². The number of aromatic nitrogens is 2. The molecule has 0 atom stereocenters. The Balaban J connectivity index is 1.34. The molecule has 4 rings (SSSR count). The number of benzene rings is 3. The second-order valence-electron chi connectivity index (χ2n) is 7.40. The Morgan fingerprint density at radius 3 is 2.53 bits per heavy atom. The Morgan fingerprint density at radius 2 is 1.69 bits per heavy atom. The molecule has 0 unspecified atom stereocenters. The maximum absolute atomic E-state index is 12.7. The molecule has 0 aliphatic heterocycles. The van der Waals surface area contributed by atoms with Crippen LogP contribution in [-0.4, -0.2) is 35.3 Å². The quantitative estimate of drug-likeness (QED) is 0.379. The highest BCUT2D eigenvalue weighted by Crippen LogP contribution is 2.18. The first-order valence-electron chi connectivity index (χ1n) is 10.8. The van der Waals surface area contributed by atoms with E-state index in [-0.39, 0.29) is 5.91 Å². The first kappa shape index (κ1) is 21.6. The average Bonchev–Trinajstić information content (AvgIpc) is 3.24. The van der Waals surface area contributed by atoms with Gasteiger partial charge in [-0.05, 0) is 42.3 Å². The minimum absolute atomic E-state index is 0.161. The monoisotopic (exact) mass is 429 g/mol. The molecule has 6 nitrogen and oxygen atoms in total. The molecule has 0 aliphatic carbocycles. The number of hydrogen-bond acceptors (Lipinski definition) is 4. The van der Waals surface area contributed by atoms with E-state index in [2.05, 4.69) is 33.1 Å². The van der Waals surface area contributed by atoms with E-state index in [0.29, 0.717) is 37.7 Å². The highest BCUT2D eigenvalue weighted by Gasteiger charge is 2.12. The molecule has 0 saturated carbocycles. The van der Waals surface area contributed by atoms with Crippen LogP contribution in [0.4, 0.5) is 0 Å². The molecular formula is C26H27N3O3. The molecule has 0 saturated heterocycles. The summed E-state index contributed by atoms with van der Waals surface area (Å²) in [6, 6.07) is 23.6. The third-order valence-electron chi connectivity index (χ3n) is 5.18. The number of amides is 1. The lowest BCUT2D eigenvalue weighted by Crippen LogP contribution is -2.23. The van der Waals surface area contributed by atoms with E-state index in [0.717, 1.165) is 23.1 Å². The summed E-state index contributed by atoms with van der Waals surface area (Å²) >= 11 is 0. The van der Waals surface area contributed by atoms with Gasteiger partial charge in [0.25, 0.3) is 5.91 Å². The number of nitrogens with one attached hydrogen (secondary N) is 1. The lowest BCUT2D eigenvalue weighted by molar-refractivity contribution is 0.0934. The normalized spacial score (nSPS) is 10.9. The van der Waals surface area contributed by atoms with Crippen molar-refractivity contribution in [2.45, 2.75) is 20.0 Å². The summed E-state index contributed by atoms with van der Waals surface area (Å²) in [7, 11) is 0. The molecule has 6 heteroatoms. The second-order valence-corrected chi connectivity index (χ2v) is 7.40. The number of hydrogen-bond donors (Lipinski definition) is 1. The van der Waals surface area contributed by atoms with Gasteiger partial charge in [0, 0.05) is 19.7 Å². The fourth-order valence-electron chi connectivity index (χ4n) is 3.51. The molecule has 0 radical (unpaired) electrons. The van der Waals surface area contributed by atoms with Crippen molar-refractivity contribution in [1.29, 1.82) is 0 Å². The minimum Gasteiger partial charge on any atom is -0.490 e. The molecule has 3 aromatic carbocycles. The number of rotatable bonds is 10. The first-order valence-corrected chi connectivity index (χ1v) is 10.8. The van der Waals surface area contributed by atoms with E-state index in [9.17, 15) is 4.79 Å². The summed E-state index contributed by atoms with van der Waals surface area (Å²) in [6.45, 7) is 4.68. The van der Waals surface area contributed by atoms with Crippen LogP contribution in [0.3, 0.4) is 0 Å². The lowest BCUT2D eigenvalue weighted by Gasteiger charge is -2.12. The van der Waals surface area contributed by atoms with E-state index in [1.807, 2.05) is 55.7 Å². The molecular weight excluding hydrogens is 402 g/mol. The zero-order valence-electron chi connectivity index (χ0n) is 18.2. The van der Waals surface area contributed by atoms with Crippen LogP contribution in [0.15, 0.2) is 79.1 Å². The van der Waals surface area contributed by atoms with E-state index < -0.39 is 0 Å². The molecule has 0 aliphatic rings. The van der Waals surface area contributed by atoms with Crippen LogP contribution >= 0.6 is 0 Å². The largest absolute Gasteiger partial charge is 0.490 e. The van der Waals surface area contributed by atoms with Gasteiger partial charge in [0.05, 0.1) is 29.5 Å². The molecule has 1 N–H and O–H groups in total. The SMILES string of the molecule is CCOCCOc1ccccc1C(=O)NCc1ccc(Cn2cnc3ccccc32)cc1. The van der Waals surface area contributed by atoms with Crippen molar-refractivity contribution in [1.82, 2.24) is 14.9 Å². The zero-order valence-corrected chi connectivity index (χ0v) is 18.2. The van der Waals surface area contributed by atoms with Crippen LogP contribution in [0.25, 0.3) is 11.0 Å². The van der Waals surface area contributed by atoms with E-state index in [1.165, 1.54) is 5.56 Å². The van der Waals surface area contributed by atoms with Gasteiger partial charge in [-0.3, -0.25) is 4.79 Å². The van der Waals surface area contributed by atoms with Gasteiger partial charge < -0.3 is 19.4 Å². The summed E-state index contributed by atoms with van der Waals surface area (Å²) < 4.78 is 13.1. The minimum atomic E-state index is -0.161. The number of ether oxygens (including phenoxy) is 2. The maximum Gasteiger partial charge on any atom is 0.255 e. The lowest BCUT2D eigenvalue weighted by atomic mass is 10.1. The predicted octanol–water partition coefficient (Wildman–Crippen LogP) is 4.43. The van der Waals surface area contributed by atoms with E-state index in [1.54, 1.807) is 12.1 Å². The van der Waals surface area contributed by atoms with Gasteiger partial charge in [-0.2, -0.15) is 0 Å². The van der Waals surface area contributed by atoms with Gasteiger partial charge in [-0.1, -0.05) is 48.5 Å². The number of carbonyl (C=O) groups is 1. The maximum atomic E-state index is 12.7. The van der Waals surface area contributed by atoms with Gasteiger partial charge in [-0.25, -0.2) is 4.98 Å². The summed E-state index contributed by atoms with van der Waals surface area (Å²) in [4.78, 5) is 17.1. The third kappa shape index (κ3) is 5.34. The van der Waals surface area contributed by atoms with Crippen LogP contribution in [0.2, 0.25) is 0 Å². The van der Waals surface area contributed by atoms with Crippen molar-refractivity contribution in [2.75, 3.05) is 19.8 Å². The van der Waals surface area contributed by atoms with Crippen molar-refractivity contribution in [3.63, 3.8) is 0 Å². The summed E-state index contributed by atoms with van der Waals surface area (Å²) in [6.07, 6.45) is 1.87. The van der Waals surface area contributed by atoms with Crippen molar-refractivity contribution in [3.05, 3.63) is 95.8 Å². The van der Waals surface area contributed by atoms with E-state index in [4.69, 9.17) is 9.47 Å². The zero-order chi connectivity index (χ0) is 22.2. The van der Waals surface area contributed by atoms with Crippen molar-refractivity contribution in [3.8, 4) is 5.75 Å². The van der Waals surface area contributed by atoms with Crippen LogP contribution in [-0.2, 0) is 17.8 Å². The predicted molar refractivity (Wildman–Crippen MR) is 125 cm³/mol. The van der Waals surface area contributed by atoms with Crippen molar-refractivity contribution >= 4 is 16.9 Å². The second kappa shape index (κ2) is 10.6. The van der Waals surface area contributed by atoms with Crippen molar-refractivity contribution < 1.29 is 14.3 Å². The Morgan fingerprint density at radius 1 is 0.938 bits per heavy atom. The molecule has 1 amide bonds. The van der Waals surface area contributed by atoms with Gasteiger partial charge in [0.15, 0.2) is 0 Å². The molecule has 1 aromatic heterocycles. The molecule has 32 heavy (non-hydrogen) atoms. The van der Waals surface area contributed by atoms with Crippen LogP contribution in [0.5, 0.6) is 5.75 Å². The molecule has 4 aromatic rings. The smallest absolute Gasteiger partial charge is 0.255 e. The molecule has 0 fully saturated rings. The Bertz CT molecular complexity index is 1170. The summed E-state index contributed by atoms with van der Waals surface area (Å²) in [5.41, 5.74) is 4.84. The standard InChI is InChI=1S/C26H27N3O3/c1-2-31-15-16-32-25-10-6-3-7-22(25)26(30)27-17-20-11-13-21(14-12-20)18-29-19-28-23-8-4-5-9-24(23)29/h3-14,19H,2,15-18H2,1H3,(H,27,30). The first-order chi connectivity index (χ1) is 15.7. The molecule has 1 heterocycles. The van der Waals surface area contributed by atoms with Gasteiger partial charge in [0.1, 0.15) is 12.4 Å². The number of nitrogens with zero attached hydrogens (tertiary/aromatic N) is 2. The number of fused-ring (bicyclic) bond motifs is 1. The van der Waals surface area contributed by atoms with E-state index >= 15 is 0 Å². The fourth-order valence-corrected chi connectivity index (χ4v) is 3.51. The van der Waals surface area contributed by atoms with Crippen LogP contribution < -0.4 is 10.1 Å². The Kier molecular flexibility index (Phi) is 7.15. The third-order valence-corrected chi connectivity index (χ3v) is 5.18. The van der Waals surface area contributed by atoms with Gasteiger partial charge >= 0.3 is 0 Å². The summed E-state index contributed by atoms with van der Waals surface area (Å²) in [5, 5.41) is 2.98. The topological polar surface area (TPSA) is 65.4 Å². The molecule has 164 valence electrons.